The Labute approximate surface area is 148 Å². The summed E-state index contributed by atoms with van der Waals surface area (Å²) in [4.78, 5) is 27.9. The molecule has 25 heavy (non-hydrogen) atoms. The van der Waals surface area contributed by atoms with Crippen LogP contribution in [0.15, 0.2) is 47.5 Å². The van der Waals surface area contributed by atoms with Gasteiger partial charge in [-0.25, -0.2) is 0 Å². The topological polar surface area (TPSA) is 64.0 Å². The third-order valence-corrected chi connectivity index (χ3v) is 5.05. The summed E-state index contributed by atoms with van der Waals surface area (Å²) in [5.41, 5.74) is 4.99. The van der Waals surface area contributed by atoms with Gasteiger partial charge in [0, 0.05) is 28.7 Å². The summed E-state index contributed by atoms with van der Waals surface area (Å²) in [6.45, 7) is 4.03. The van der Waals surface area contributed by atoms with E-state index in [1.54, 1.807) is 12.3 Å². The SMILES string of the molecule is Cc1cc(/C=C2/SC(=O)NC2=O)c(C)n1-c1ccc2ncccc2c1. The number of imide groups is 1. The summed E-state index contributed by atoms with van der Waals surface area (Å²) >= 11 is 0.934. The van der Waals surface area contributed by atoms with Gasteiger partial charge in [-0.3, -0.25) is 19.9 Å². The van der Waals surface area contributed by atoms with Gasteiger partial charge in [-0.05, 0) is 67.6 Å². The molecule has 1 fully saturated rings. The first kappa shape index (κ1) is 15.7. The summed E-state index contributed by atoms with van der Waals surface area (Å²) in [7, 11) is 0. The Morgan fingerprint density at radius 2 is 2.00 bits per heavy atom. The minimum absolute atomic E-state index is 0.327. The summed E-state index contributed by atoms with van der Waals surface area (Å²) in [5.74, 6) is -0.336. The van der Waals surface area contributed by atoms with E-state index in [4.69, 9.17) is 0 Å². The van der Waals surface area contributed by atoms with Crippen LogP contribution in [0.1, 0.15) is 17.0 Å². The molecule has 0 spiro atoms. The Hall–Kier alpha value is -2.86. The third-order valence-electron chi connectivity index (χ3n) is 4.24. The third kappa shape index (κ3) is 2.74. The van der Waals surface area contributed by atoms with Crippen LogP contribution >= 0.6 is 11.8 Å². The van der Waals surface area contributed by atoms with Crippen molar-refractivity contribution in [1.29, 1.82) is 0 Å². The molecule has 0 radical (unpaired) electrons. The van der Waals surface area contributed by atoms with E-state index in [2.05, 4.69) is 20.9 Å². The molecule has 0 bridgehead atoms. The molecule has 1 aliphatic heterocycles. The molecule has 1 N–H and O–H groups in total. The van der Waals surface area contributed by atoms with Crippen LogP contribution in [0.4, 0.5) is 4.79 Å². The van der Waals surface area contributed by atoms with Crippen molar-refractivity contribution in [2.45, 2.75) is 13.8 Å². The summed E-state index contributed by atoms with van der Waals surface area (Å²) in [6.07, 6.45) is 3.55. The molecule has 0 atom stereocenters. The van der Waals surface area contributed by atoms with Gasteiger partial charge in [-0.15, -0.1) is 0 Å². The molecular weight excluding hydrogens is 334 g/mol. The Bertz CT molecular complexity index is 1070. The van der Waals surface area contributed by atoms with Gasteiger partial charge in [0.1, 0.15) is 0 Å². The molecule has 0 unspecified atom stereocenters. The van der Waals surface area contributed by atoms with E-state index in [-0.39, 0.29) is 11.1 Å². The number of hydrogen-bond acceptors (Lipinski definition) is 4. The number of carbonyl (C=O) groups excluding carboxylic acids is 2. The first-order valence-electron chi connectivity index (χ1n) is 7.82. The number of nitrogens with zero attached hydrogens (tertiary/aromatic N) is 2. The van der Waals surface area contributed by atoms with Gasteiger partial charge < -0.3 is 4.57 Å². The molecule has 0 saturated carbocycles. The molecule has 5 nitrogen and oxygen atoms in total. The van der Waals surface area contributed by atoms with Gasteiger partial charge in [0.05, 0.1) is 10.4 Å². The van der Waals surface area contributed by atoms with Gasteiger partial charge in [0.2, 0.25) is 0 Å². The fourth-order valence-electron chi connectivity index (χ4n) is 3.10. The second-order valence-electron chi connectivity index (χ2n) is 5.89. The predicted octanol–water partition coefficient (Wildman–Crippen LogP) is 3.97. The zero-order valence-electron chi connectivity index (χ0n) is 13.7. The number of nitrogens with one attached hydrogen (secondary N) is 1. The van der Waals surface area contributed by atoms with Gasteiger partial charge in [-0.2, -0.15) is 0 Å². The van der Waals surface area contributed by atoms with Gasteiger partial charge >= 0.3 is 0 Å². The van der Waals surface area contributed by atoms with Crippen LogP contribution in [0.25, 0.3) is 22.7 Å². The zero-order valence-corrected chi connectivity index (χ0v) is 14.6. The number of rotatable bonds is 2. The second kappa shape index (κ2) is 5.89. The number of amides is 2. The molecule has 1 saturated heterocycles. The van der Waals surface area contributed by atoms with Crippen LogP contribution in [0, 0.1) is 13.8 Å². The van der Waals surface area contributed by atoms with Crippen LogP contribution in [0.2, 0.25) is 0 Å². The van der Waals surface area contributed by atoms with Crippen molar-refractivity contribution in [2.24, 2.45) is 0 Å². The quantitative estimate of drug-likeness (QED) is 0.711. The number of aromatic nitrogens is 2. The molecule has 6 heteroatoms. The van der Waals surface area contributed by atoms with E-state index in [0.717, 1.165) is 45.3 Å². The highest BCUT2D eigenvalue weighted by Gasteiger charge is 2.25. The van der Waals surface area contributed by atoms with E-state index in [0.29, 0.717) is 4.91 Å². The number of thioether (sulfide) groups is 1. The van der Waals surface area contributed by atoms with E-state index < -0.39 is 0 Å². The Kier molecular flexibility index (Phi) is 3.69. The molecular formula is C19H15N3O2S. The van der Waals surface area contributed by atoms with Crippen molar-refractivity contribution in [3.05, 3.63) is 64.5 Å². The lowest BCUT2D eigenvalue weighted by molar-refractivity contribution is -0.115. The first-order chi connectivity index (χ1) is 12.0. The lowest BCUT2D eigenvalue weighted by atomic mass is 10.2. The fourth-order valence-corrected chi connectivity index (χ4v) is 3.77. The Balaban J connectivity index is 1.80. The van der Waals surface area contributed by atoms with E-state index in [9.17, 15) is 9.59 Å². The van der Waals surface area contributed by atoms with E-state index in [1.165, 1.54) is 0 Å². The second-order valence-corrected chi connectivity index (χ2v) is 6.91. The Morgan fingerprint density at radius 3 is 2.76 bits per heavy atom. The minimum atomic E-state index is -0.336. The highest BCUT2D eigenvalue weighted by atomic mass is 32.2. The van der Waals surface area contributed by atoms with Gasteiger partial charge in [-0.1, -0.05) is 6.07 Å². The fraction of sp³-hybridized carbons (Fsp3) is 0.105. The largest absolute Gasteiger partial charge is 0.318 e. The maximum Gasteiger partial charge on any atom is 0.290 e. The van der Waals surface area contributed by atoms with Crippen molar-refractivity contribution in [2.75, 3.05) is 0 Å². The number of pyridine rings is 1. The van der Waals surface area contributed by atoms with Crippen LogP contribution in [-0.2, 0) is 4.79 Å². The van der Waals surface area contributed by atoms with Gasteiger partial charge in [0.25, 0.3) is 11.1 Å². The number of carbonyl (C=O) groups is 2. The van der Waals surface area contributed by atoms with Crippen molar-refractivity contribution < 1.29 is 9.59 Å². The standard InChI is InChI=1S/C19H15N3O2S/c1-11-8-14(10-17-18(23)21-19(24)25-17)12(2)22(11)15-5-6-16-13(9-15)4-3-7-20-16/h3-10H,1-2H3,(H,21,23,24)/b17-10+. The molecule has 1 aromatic carbocycles. The zero-order chi connectivity index (χ0) is 17.6. The molecule has 3 heterocycles. The lowest BCUT2D eigenvalue weighted by Crippen LogP contribution is -2.17. The molecule has 4 rings (SSSR count). The van der Waals surface area contributed by atoms with Crippen molar-refractivity contribution in [3.63, 3.8) is 0 Å². The van der Waals surface area contributed by atoms with Crippen molar-refractivity contribution in [1.82, 2.24) is 14.9 Å². The number of aryl methyl sites for hydroxylation is 1. The minimum Gasteiger partial charge on any atom is -0.318 e. The van der Waals surface area contributed by atoms with Crippen LogP contribution < -0.4 is 5.32 Å². The summed E-state index contributed by atoms with van der Waals surface area (Å²) in [5, 5.41) is 3.03. The van der Waals surface area contributed by atoms with Crippen LogP contribution in [0.5, 0.6) is 0 Å². The molecule has 0 aliphatic carbocycles. The number of benzene rings is 1. The van der Waals surface area contributed by atoms with E-state index >= 15 is 0 Å². The molecule has 124 valence electrons. The smallest absolute Gasteiger partial charge is 0.290 e. The highest BCUT2D eigenvalue weighted by Crippen LogP contribution is 2.29. The maximum absolute atomic E-state index is 11.8. The molecule has 2 aromatic heterocycles. The van der Waals surface area contributed by atoms with Crippen molar-refractivity contribution in [3.8, 4) is 5.69 Å². The summed E-state index contributed by atoms with van der Waals surface area (Å²) in [6, 6.07) is 12.1. The number of hydrogen-bond donors (Lipinski definition) is 1. The normalized spacial score (nSPS) is 16.0. The number of fused-ring (bicyclic) bond motifs is 1. The predicted molar refractivity (Wildman–Crippen MR) is 99.7 cm³/mol. The van der Waals surface area contributed by atoms with Crippen molar-refractivity contribution >= 4 is 39.9 Å². The highest BCUT2D eigenvalue weighted by molar-refractivity contribution is 8.18. The summed E-state index contributed by atoms with van der Waals surface area (Å²) < 4.78 is 2.14. The molecule has 2 amide bonds. The van der Waals surface area contributed by atoms with E-state index in [1.807, 2.05) is 44.2 Å². The van der Waals surface area contributed by atoms with Gasteiger partial charge in [0.15, 0.2) is 0 Å². The molecule has 1 aliphatic rings. The monoisotopic (exact) mass is 349 g/mol. The Morgan fingerprint density at radius 1 is 1.16 bits per heavy atom. The maximum atomic E-state index is 11.8. The molecule has 3 aromatic rings. The lowest BCUT2D eigenvalue weighted by Gasteiger charge is -2.10. The average Bonchev–Trinajstić information content (AvgIpc) is 3.05. The first-order valence-corrected chi connectivity index (χ1v) is 8.63. The van der Waals surface area contributed by atoms with Crippen LogP contribution in [0.3, 0.4) is 0 Å². The average molecular weight is 349 g/mol. The van der Waals surface area contributed by atoms with Crippen LogP contribution in [-0.4, -0.2) is 20.7 Å².